The molecule has 3 saturated heterocycles. The van der Waals surface area contributed by atoms with Crippen LogP contribution in [0.25, 0.3) is 22.4 Å². The van der Waals surface area contributed by atoms with E-state index in [-0.39, 0.29) is 35.2 Å². The highest BCUT2D eigenvalue weighted by Gasteiger charge is 2.41. The third-order valence-corrected chi connectivity index (χ3v) is 18.7. The van der Waals surface area contributed by atoms with Crippen LogP contribution in [0, 0.1) is 17.0 Å². The number of likely N-dealkylation sites (tertiary alicyclic amines) is 1. The molecule has 0 saturated carbocycles. The Morgan fingerprint density at radius 1 is 0.867 bits per heavy atom. The van der Waals surface area contributed by atoms with Crippen molar-refractivity contribution >= 4 is 78.4 Å². The lowest BCUT2D eigenvalue weighted by atomic mass is 9.96. The number of rotatable bonds is 19. The summed E-state index contributed by atoms with van der Waals surface area (Å²) in [5.74, 6) is -0.374. The minimum Gasteiger partial charge on any atom is -0.478 e. The van der Waals surface area contributed by atoms with Gasteiger partial charge in [0.05, 0.1) is 40.7 Å². The molecular weight excluding hydrogens is 1040 g/mol. The molecule has 17 nitrogen and oxygen atoms in total. The Balaban J connectivity index is 0.873. The first-order chi connectivity index (χ1) is 36.0. The molecule has 1 aromatic heterocycles. The van der Waals surface area contributed by atoms with Gasteiger partial charge >= 0.3 is 21.3 Å². The van der Waals surface area contributed by atoms with Gasteiger partial charge in [-0.2, -0.15) is 0 Å². The van der Waals surface area contributed by atoms with E-state index in [9.17, 15) is 38.9 Å². The van der Waals surface area contributed by atoms with Crippen LogP contribution < -0.4 is 25.1 Å². The number of nitrogens with zero attached hydrogens (tertiary/aromatic N) is 6. The van der Waals surface area contributed by atoms with Crippen LogP contribution >= 0.6 is 38.7 Å². The summed E-state index contributed by atoms with van der Waals surface area (Å²) in [6.07, 6.45) is 1.09. The molecule has 6 aromatic rings. The van der Waals surface area contributed by atoms with Gasteiger partial charge in [-0.1, -0.05) is 54.1 Å². The van der Waals surface area contributed by atoms with E-state index in [2.05, 4.69) is 50.6 Å². The van der Waals surface area contributed by atoms with E-state index < -0.39 is 32.3 Å². The number of phosphoric acid groups is 1. The van der Waals surface area contributed by atoms with Crippen LogP contribution in [-0.2, 0) is 18.2 Å². The molecular formula is C54H62ClN7O10P2S. The number of aromatic nitrogens is 1. The van der Waals surface area contributed by atoms with Crippen LogP contribution in [0.2, 0.25) is 5.02 Å². The highest BCUT2D eigenvalue weighted by molar-refractivity contribution is 7.99. The quantitative estimate of drug-likeness (QED) is 0.0258. The molecule has 75 heavy (non-hydrogen) atoms. The first-order valence-electron chi connectivity index (χ1n) is 25.1. The molecule has 0 spiro atoms. The zero-order valence-electron chi connectivity index (χ0n) is 42.0. The smallest absolute Gasteiger partial charge is 0.469 e. The van der Waals surface area contributed by atoms with Crippen LogP contribution in [-0.4, -0.2) is 112 Å². The third-order valence-electron chi connectivity index (χ3n) is 14.2. The predicted molar refractivity (Wildman–Crippen MR) is 299 cm³/mol. The minimum atomic E-state index is -4.57. The Hall–Kier alpha value is -5.65. The summed E-state index contributed by atoms with van der Waals surface area (Å²) >= 11 is 7.92. The van der Waals surface area contributed by atoms with E-state index in [0.717, 1.165) is 59.3 Å². The molecule has 5 aromatic carbocycles. The number of thioether (sulfide) groups is 1. The lowest BCUT2D eigenvalue weighted by Crippen LogP contribution is -2.46. The molecule has 4 N–H and O–H groups in total. The van der Waals surface area contributed by atoms with Crippen LogP contribution in [0.5, 0.6) is 0 Å². The number of carbonyl (C=O) groups is 1. The number of nitrogens with one attached hydrogen (secondary N) is 1. The number of aromatic carboxylic acids is 1. The van der Waals surface area contributed by atoms with Gasteiger partial charge in [0.1, 0.15) is 5.69 Å². The van der Waals surface area contributed by atoms with E-state index in [4.69, 9.17) is 20.6 Å². The summed E-state index contributed by atoms with van der Waals surface area (Å²) < 4.78 is 41.1. The van der Waals surface area contributed by atoms with E-state index in [0.29, 0.717) is 78.8 Å². The molecule has 0 bridgehead atoms. The fourth-order valence-corrected chi connectivity index (χ4v) is 14.5. The van der Waals surface area contributed by atoms with E-state index in [1.165, 1.54) is 6.07 Å². The number of anilines is 4. The molecule has 9 rings (SSSR count). The number of nitro benzene ring substituents is 1. The van der Waals surface area contributed by atoms with Crippen LogP contribution in [0.15, 0.2) is 126 Å². The van der Waals surface area contributed by atoms with E-state index in [1.807, 2.05) is 97.9 Å². The first-order valence-corrected chi connectivity index (χ1v) is 29.6. The highest BCUT2D eigenvalue weighted by Crippen LogP contribution is 2.56. The SMILES string of the molecule is Cc1c(C(=O)O)c(-c2cccc(N3CCN(c4ccc(N5CCO[P@@]5(=O)c5ccc(N[C@H](CCN6CCC(OP(=O)(O)O)CC6)CSc6ccccc6)c([N+](=O)[O-])c5)cc4)CC3)c2)c(-c2ccc(Cl)cc2)n1C(C)C. The van der Waals surface area contributed by atoms with Crippen LogP contribution in [0.1, 0.15) is 55.2 Å². The Morgan fingerprint density at radius 2 is 1.53 bits per heavy atom. The largest absolute Gasteiger partial charge is 0.478 e. The number of piperidine rings is 1. The van der Waals surface area contributed by atoms with Crippen molar-refractivity contribution in [3.05, 3.63) is 148 Å². The monoisotopic (exact) mass is 1100 g/mol. The summed E-state index contributed by atoms with van der Waals surface area (Å²) in [7, 11) is -8.33. The Labute approximate surface area is 446 Å². The summed E-state index contributed by atoms with van der Waals surface area (Å²) in [6.45, 7) is 11.2. The van der Waals surface area contributed by atoms with Crippen LogP contribution in [0.3, 0.4) is 0 Å². The molecule has 0 amide bonds. The average Bonchev–Trinajstić information content (AvgIpc) is 3.96. The van der Waals surface area contributed by atoms with Gasteiger partial charge in [-0.3, -0.25) is 23.9 Å². The average molecular weight is 1100 g/mol. The van der Waals surface area contributed by atoms with Gasteiger partial charge in [0.15, 0.2) is 0 Å². The van der Waals surface area contributed by atoms with E-state index >= 15 is 0 Å². The number of carboxylic acids is 1. The van der Waals surface area contributed by atoms with Gasteiger partial charge in [-0.15, -0.1) is 11.8 Å². The molecule has 0 aliphatic carbocycles. The molecule has 0 radical (unpaired) electrons. The van der Waals surface area contributed by atoms with Gasteiger partial charge in [0, 0.05) is 108 Å². The number of nitro groups is 1. The van der Waals surface area contributed by atoms with Crippen LogP contribution in [0.4, 0.5) is 28.4 Å². The van der Waals surface area contributed by atoms with Crippen molar-refractivity contribution in [3.63, 3.8) is 0 Å². The van der Waals surface area contributed by atoms with Crippen molar-refractivity contribution in [1.82, 2.24) is 9.47 Å². The Kier molecular flexibility index (Phi) is 16.8. The summed E-state index contributed by atoms with van der Waals surface area (Å²) in [6, 6.07) is 37.8. The van der Waals surface area contributed by atoms with Crippen molar-refractivity contribution in [2.24, 2.45) is 0 Å². The number of phosphoric ester groups is 1. The second-order valence-corrected chi connectivity index (χ2v) is 24.3. The number of halogens is 1. The Bertz CT molecular complexity index is 3090. The molecule has 4 heterocycles. The zero-order valence-corrected chi connectivity index (χ0v) is 45.4. The van der Waals surface area contributed by atoms with Crippen molar-refractivity contribution in [2.75, 3.05) is 84.5 Å². The Morgan fingerprint density at radius 3 is 2.17 bits per heavy atom. The zero-order chi connectivity index (χ0) is 53.0. The highest BCUT2D eigenvalue weighted by atomic mass is 35.5. The van der Waals surface area contributed by atoms with Gasteiger partial charge in [-0.25, -0.2) is 9.36 Å². The molecule has 0 unspecified atom stereocenters. The van der Waals surface area contributed by atoms with Gasteiger partial charge in [-0.05, 0) is 124 Å². The lowest BCUT2D eigenvalue weighted by molar-refractivity contribution is -0.383. The number of hydrogen-bond acceptors (Lipinski definition) is 12. The molecule has 3 aliphatic rings. The number of carboxylic acid groups (broad SMARTS) is 1. The van der Waals surface area contributed by atoms with E-state index in [1.54, 1.807) is 28.6 Å². The second kappa shape index (κ2) is 23.3. The molecule has 21 heteroatoms. The number of piperazine rings is 1. The molecule has 3 fully saturated rings. The minimum absolute atomic E-state index is 0.00489. The maximum Gasteiger partial charge on any atom is 0.469 e. The fraction of sp³-hybridized carbons (Fsp3) is 0.352. The molecule has 2 atom stereocenters. The standard InChI is InChI=1S/C54H62ClN7O10P2S/c1-37(2)61-38(3)51(54(63)64)52(53(61)39-12-14-41(55)15-13-39)40-8-7-9-45(34-40)59-30-28-58(29-31-59)43-16-18-44(19-17-43)60-32-33-71-73(60,67)47-20-21-49(50(35-47)62(65)66)56-42(36-75-48-10-5-4-6-11-48)22-25-57-26-23-46(24-27-57)72-74(68,69)70/h4-21,34-35,37,42,46,56H,22-33,36H2,1-3H3,(H,63,64)(H2,68,69,70)/t42-,73+/m1/s1. The number of benzene rings is 5. The number of hydrogen-bond donors (Lipinski definition) is 4. The lowest BCUT2D eigenvalue weighted by Gasteiger charge is -2.37. The van der Waals surface area contributed by atoms with Gasteiger partial charge in [0.25, 0.3) is 5.69 Å². The van der Waals surface area contributed by atoms with Crippen molar-refractivity contribution in [3.8, 4) is 22.4 Å². The van der Waals surface area contributed by atoms with Gasteiger partial charge < -0.3 is 44.0 Å². The maximum absolute atomic E-state index is 14.9. The molecule has 396 valence electrons. The first kappa shape index (κ1) is 54.2. The topological polar surface area (TPSA) is 203 Å². The van der Waals surface area contributed by atoms with Gasteiger partial charge in [0.2, 0.25) is 0 Å². The summed E-state index contributed by atoms with van der Waals surface area (Å²) in [4.78, 5) is 51.6. The second-order valence-electron chi connectivity index (χ2n) is 19.3. The van der Waals surface area contributed by atoms with Crippen molar-refractivity contribution in [1.29, 1.82) is 0 Å². The van der Waals surface area contributed by atoms with Crippen molar-refractivity contribution in [2.45, 2.75) is 63.1 Å². The normalized spacial score (nSPS) is 18.2. The summed E-state index contributed by atoms with van der Waals surface area (Å²) in [5, 5.41) is 27.6. The molecule has 3 aliphatic heterocycles. The van der Waals surface area contributed by atoms with Crippen molar-refractivity contribution < 1.29 is 42.8 Å². The third kappa shape index (κ3) is 12.5. The summed E-state index contributed by atoms with van der Waals surface area (Å²) in [5.41, 5.74) is 6.94. The predicted octanol–water partition coefficient (Wildman–Crippen LogP) is 11.2. The fourth-order valence-electron chi connectivity index (χ4n) is 10.5. The maximum atomic E-state index is 14.9.